The van der Waals surface area contributed by atoms with Gasteiger partial charge in [0.25, 0.3) is 0 Å². The lowest BCUT2D eigenvalue weighted by molar-refractivity contribution is -0.122. The van der Waals surface area contributed by atoms with Crippen LogP contribution < -0.4 is 9.46 Å². The molecule has 128 valence electrons. The third kappa shape index (κ3) is 8.70. The summed E-state index contributed by atoms with van der Waals surface area (Å²) in [5.74, 6) is 0.936. The van der Waals surface area contributed by atoms with Crippen molar-refractivity contribution in [1.29, 1.82) is 0 Å². The number of benzene rings is 1. The van der Waals surface area contributed by atoms with Crippen molar-refractivity contribution in [2.75, 3.05) is 7.11 Å². The van der Waals surface area contributed by atoms with E-state index >= 15 is 0 Å². The van der Waals surface area contributed by atoms with Gasteiger partial charge in [-0.1, -0.05) is 38.8 Å². The van der Waals surface area contributed by atoms with Crippen LogP contribution in [-0.4, -0.2) is 13.0 Å². The van der Waals surface area contributed by atoms with Gasteiger partial charge in [-0.15, -0.1) is 0 Å². The van der Waals surface area contributed by atoms with Crippen molar-refractivity contribution in [2.45, 2.75) is 57.3 Å². The Morgan fingerprint density at radius 3 is 2.57 bits per heavy atom. The Morgan fingerprint density at radius 2 is 1.91 bits per heavy atom. The van der Waals surface area contributed by atoms with E-state index in [9.17, 15) is 4.79 Å². The molecule has 0 aliphatic rings. The van der Waals surface area contributed by atoms with Crippen LogP contribution in [-0.2, 0) is 4.79 Å². The van der Waals surface area contributed by atoms with E-state index in [1.54, 1.807) is 7.11 Å². The highest BCUT2D eigenvalue weighted by Crippen LogP contribution is 2.19. The SMILES string of the molecule is CCCCC/C=C\CCC(C)C(=O)NSc1ccc(OC)cc1. The Morgan fingerprint density at radius 1 is 1.22 bits per heavy atom. The van der Waals surface area contributed by atoms with Crippen LogP contribution in [0.1, 0.15) is 52.4 Å². The Kier molecular flexibility index (Phi) is 10.3. The maximum Gasteiger partial charge on any atom is 0.232 e. The summed E-state index contributed by atoms with van der Waals surface area (Å²) in [5.41, 5.74) is 0. The number of hydrogen-bond donors (Lipinski definition) is 1. The highest BCUT2D eigenvalue weighted by Gasteiger charge is 2.11. The summed E-state index contributed by atoms with van der Waals surface area (Å²) in [4.78, 5) is 13.1. The van der Waals surface area contributed by atoms with E-state index in [-0.39, 0.29) is 11.8 Å². The van der Waals surface area contributed by atoms with Gasteiger partial charge in [-0.25, -0.2) is 0 Å². The van der Waals surface area contributed by atoms with Crippen LogP contribution in [0.2, 0.25) is 0 Å². The normalized spacial score (nSPS) is 12.3. The molecule has 1 aromatic carbocycles. The molecule has 1 atom stereocenters. The summed E-state index contributed by atoms with van der Waals surface area (Å²) in [6.45, 7) is 4.20. The van der Waals surface area contributed by atoms with Crippen LogP contribution in [0.3, 0.4) is 0 Å². The Bertz CT molecular complexity index is 471. The van der Waals surface area contributed by atoms with Crippen LogP contribution in [0.4, 0.5) is 0 Å². The first-order valence-electron chi connectivity index (χ1n) is 8.43. The molecule has 1 N–H and O–H groups in total. The quantitative estimate of drug-likeness (QED) is 0.335. The van der Waals surface area contributed by atoms with E-state index in [2.05, 4.69) is 23.8 Å². The van der Waals surface area contributed by atoms with Gasteiger partial charge >= 0.3 is 0 Å². The largest absolute Gasteiger partial charge is 0.497 e. The van der Waals surface area contributed by atoms with Crippen LogP contribution in [0.5, 0.6) is 5.75 Å². The third-order valence-corrected chi connectivity index (χ3v) is 4.49. The summed E-state index contributed by atoms with van der Waals surface area (Å²) in [5, 5.41) is 0. The fourth-order valence-electron chi connectivity index (χ4n) is 2.08. The number of carbonyl (C=O) groups excluding carboxylic acids is 1. The van der Waals surface area contributed by atoms with E-state index in [1.165, 1.54) is 31.2 Å². The minimum absolute atomic E-state index is 0.0287. The molecule has 1 aromatic rings. The fraction of sp³-hybridized carbons (Fsp3) is 0.526. The molecular formula is C19H29NO2S. The molecule has 0 fully saturated rings. The molecule has 1 rings (SSSR count). The van der Waals surface area contributed by atoms with Crippen molar-refractivity contribution < 1.29 is 9.53 Å². The molecule has 0 saturated carbocycles. The molecule has 0 spiro atoms. The Labute approximate surface area is 145 Å². The molecule has 0 heterocycles. The molecule has 3 nitrogen and oxygen atoms in total. The van der Waals surface area contributed by atoms with Gasteiger partial charge in [0.15, 0.2) is 0 Å². The summed E-state index contributed by atoms with van der Waals surface area (Å²) in [6, 6.07) is 7.66. The molecular weight excluding hydrogens is 306 g/mol. The van der Waals surface area contributed by atoms with Gasteiger partial charge in [-0.3, -0.25) is 9.52 Å². The average molecular weight is 336 g/mol. The van der Waals surface area contributed by atoms with Gasteiger partial charge in [0.1, 0.15) is 5.75 Å². The highest BCUT2D eigenvalue weighted by atomic mass is 32.2. The molecule has 0 radical (unpaired) electrons. The van der Waals surface area contributed by atoms with Gasteiger partial charge in [-0.05, 0) is 61.9 Å². The molecule has 0 aromatic heterocycles. The van der Waals surface area contributed by atoms with E-state index in [4.69, 9.17) is 4.74 Å². The molecule has 0 saturated heterocycles. The van der Waals surface area contributed by atoms with Gasteiger partial charge in [-0.2, -0.15) is 0 Å². The smallest absolute Gasteiger partial charge is 0.232 e. The monoisotopic (exact) mass is 335 g/mol. The number of rotatable bonds is 11. The number of methoxy groups -OCH3 is 1. The molecule has 4 heteroatoms. The van der Waals surface area contributed by atoms with Crippen LogP contribution in [0, 0.1) is 5.92 Å². The number of amides is 1. The van der Waals surface area contributed by atoms with E-state index < -0.39 is 0 Å². The maximum absolute atomic E-state index is 12.1. The van der Waals surface area contributed by atoms with E-state index in [1.807, 2.05) is 31.2 Å². The number of allylic oxidation sites excluding steroid dienone is 2. The molecule has 0 bridgehead atoms. The third-order valence-electron chi connectivity index (χ3n) is 3.68. The van der Waals surface area contributed by atoms with Gasteiger partial charge in [0.05, 0.1) is 7.11 Å². The summed E-state index contributed by atoms with van der Waals surface area (Å²) in [6.07, 6.45) is 11.3. The van der Waals surface area contributed by atoms with Crippen molar-refractivity contribution in [3.05, 3.63) is 36.4 Å². The second-order valence-electron chi connectivity index (χ2n) is 5.69. The van der Waals surface area contributed by atoms with Crippen molar-refractivity contribution in [3.63, 3.8) is 0 Å². The first-order valence-corrected chi connectivity index (χ1v) is 9.24. The minimum atomic E-state index is 0.0287. The zero-order valence-corrected chi connectivity index (χ0v) is 15.3. The van der Waals surface area contributed by atoms with Crippen molar-refractivity contribution in [2.24, 2.45) is 5.92 Å². The minimum Gasteiger partial charge on any atom is -0.497 e. The van der Waals surface area contributed by atoms with Gasteiger partial charge in [0.2, 0.25) is 5.91 Å². The topological polar surface area (TPSA) is 38.3 Å². The molecule has 23 heavy (non-hydrogen) atoms. The van der Waals surface area contributed by atoms with E-state index in [0.717, 1.165) is 29.9 Å². The predicted molar refractivity (Wildman–Crippen MR) is 98.7 cm³/mol. The summed E-state index contributed by atoms with van der Waals surface area (Å²) >= 11 is 1.36. The number of nitrogens with one attached hydrogen (secondary N) is 1. The van der Waals surface area contributed by atoms with Gasteiger partial charge in [0, 0.05) is 10.8 Å². The molecule has 0 aliphatic carbocycles. The number of carbonyl (C=O) groups is 1. The second kappa shape index (κ2) is 12.1. The standard InChI is InChI=1S/C19H29NO2S/c1-4-5-6-7-8-9-10-11-16(2)19(21)20-23-18-14-12-17(22-3)13-15-18/h8-9,12-16H,4-7,10-11H2,1-3H3,(H,20,21)/b9-8-. The summed E-state index contributed by atoms with van der Waals surface area (Å²) in [7, 11) is 1.64. The predicted octanol–water partition coefficient (Wildman–Crippen LogP) is 5.37. The first kappa shape index (κ1) is 19.6. The van der Waals surface area contributed by atoms with Crippen molar-refractivity contribution >= 4 is 17.9 Å². The van der Waals surface area contributed by atoms with Crippen molar-refractivity contribution in [3.8, 4) is 5.75 Å². The molecule has 0 aliphatic heterocycles. The first-order chi connectivity index (χ1) is 11.2. The van der Waals surface area contributed by atoms with E-state index in [0.29, 0.717) is 0 Å². The zero-order valence-electron chi connectivity index (χ0n) is 14.5. The second-order valence-corrected chi connectivity index (χ2v) is 6.57. The number of hydrogen-bond acceptors (Lipinski definition) is 3. The molecule has 1 unspecified atom stereocenters. The highest BCUT2D eigenvalue weighted by molar-refractivity contribution is 7.98. The van der Waals surface area contributed by atoms with Crippen molar-refractivity contribution in [1.82, 2.24) is 4.72 Å². The fourth-order valence-corrected chi connectivity index (χ4v) is 2.77. The van der Waals surface area contributed by atoms with Gasteiger partial charge < -0.3 is 4.74 Å². The Balaban J connectivity index is 2.20. The average Bonchev–Trinajstić information content (AvgIpc) is 2.59. The number of unbranched alkanes of at least 4 members (excludes halogenated alkanes) is 3. The van der Waals surface area contributed by atoms with Crippen LogP contribution in [0.25, 0.3) is 0 Å². The Hall–Kier alpha value is -1.42. The van der Waals surface area contributed by atoms with Crippen LogP contribution in [0.15, 0.2) is 41.3 Å². The summed E-state index contributed by atoms with van der Waals surface area (Å²) < 4.78 is 8.03. The molecule has 1 amide bonds. The lowest BCUT2D eigenvalue weighted by Crippen LogP contribution is -2.23. The zero-order chi connectivity index (χ0) is 16.9. The van der Waals surface area contributed by atoms with Crippen LogP contribution >= 0.6 is 11.9 Å². The number of ether oxygens (including phenoxy) is 1. The maximum atomic E-state index is 12.1. The lowest BCUT2D eigenvalue weighted by atomic mass is 10.0. The lowest BCUT2D eigenvalue weighted by Gasteiger charge is -2.10.